The number of carbonyl (C=O) groups is 1. The van der Waals surface area contributed by atoms with Gasteiger partial charge in [0.05, 0.1) is 5.69 Å². The number of amides is 2. The number of hydrogen-bond donors (Lipinski definition) is 1. The molecule has 1 aliphatic heterocycles. The van der Waals surface area contributed by atoms with Crippen molar-refractivity contribution in [3.63, 3.8) is 0 Å². The largest absolute Gasteiger partial charge is 0.324 e. The smallest absolute Gasteiger partial charge is 0.321 e. The fourth-order valence-electron chi connectivity index (χ4n) is 3.38. The average Bonchev–Trinajstić information content (AvgIpc) is 3.35. The number of nitrogens with zero attached hydrogens (tertiary/aromatic N) is 1. The van der Waals surface area contributed by atoms with Crippen LogP contribution >= 0.6 is 11.3 Å². The first kappa shape index (κ1) is 15.9. The minimum Gasteiger partial charge on any atom is -0.324 e. The third-order valence-electron chi connectivity index (χ3n) is 4.70. The zero-order valence-electron chi connectivity index (χ0n) is 13.9. The number of benzene rings is 2. The summed E-state index contributed by atoms with van der Waals surface area (Å²) in [5.74, 6) is 0.430. The molecule has 0 saturated carbocycles. The maximum Gasteiger partial charge on any atom is 0.321 e. The topological polar surface area (TPSA) is 32.3 Å². The van der Waals surface area contributed by atoms with Crippen molar-refractivity contribution in [2.45, 2.75) is 12.3 Å². The lowest BCUT2D eigenvalue weighted by molar-refractivity contribution is 0.222. The van der Waals surface area contributed by atoms with Crippen LogP contribution in [0, 0.1) is 0 Å². The molecule has 4 heteroatoms. The predicted octanol–water partition coefficient (Wildman–Crippen LogP) is 5.44. The Labute approximate surface area is 151 Å². The summed E-state index contributed by atoms with van der Waals surface area (Å²) in [6, 6.07) is 22.6. The molecule has 0 aliphatic carbocycles. The molecule has 1 unspecified atom stereocenters. The Kier molecular flexibility index (Phi) is 4.53. The van der Waals surface area contributed by atoms with E-state index in [0.29, 0.717) is 5.92 Å². The van der Waals surface area contributed by atoms with Crippen LogP contribution in [-0.2, 0) is 0 Å². The monoisotopic (exact) mass is 348 g/mol. The van der Waals surface area contributed by atoms with Gasteiger partial charge in [-0.3, -0.25) is 0 Å². The van der Waals surface area contributed by atoms with Crippen LogP contribution in [0.5, 0.6) is 0 Å². The van der Waals surface area contributed by atoms with E-state index >= 15 is 0 Å². The second-order valence-electron chi connectivity index (χ2n) is 6.30. The Morgan fingerprint density at radius 1 is 1.00 bits per heavy atom. The molecule has 2 aromatic carbocycles. The van der Waals surface area contributed by atoms with E-state index in [-0.39, 0.29) is 6.03 Å². The van der Waals surface area contributed by atoms with Gasteiger partial charge in [0.25, 0.3) is 0 Å². The number of urea groups is 1. The Balaban J connectivity index is 1.47. The van der Waals surface area contributed by atoms with Crippen LogP contribution in [0.2, 0.25) is 0 Å². The SMILES string of the molecule is O=C(Nc1ccccc1-c1cccs1)N1CCC(c2ccccc2)C1. The Morgan fingerprint density at radius 2 is 1.80 bits per heavy atom. The lowest BCUT2D eigenvalue weighted by Crippen LogP contribution is -2.32. The Bertz CT molecular complexity index is 845. The summed E-state index contributed by atoms with van der Waals surface area (Å²) in [6.07, 6.45) is 1.02. The molecule has 4 rings (SSSR count). The number of likely N-dealkylation sites (tertiary alicyclic amines) is 1. The lowest BCUT2D eigenvalue weighted by atomic mass is 9.99. The van der Waals surface area contributed by atoms with E-state index in [1.54, 1.807) is 11.3 Å². The molecule has 2 heterocycles. The van der Waals surface area contributed by atoms with Crippen molar-refractivity contribution in [2.24, 2.45) is 0 Å². The van der Waals surface area contributed by atoms with Crippen molar-refractivity contribution in [3.05, 3.63) is 77.7 Å². The van der Waals surface area contributed by atoms with Gasteiger partial charge in [-0.1, -0.05) is 54.6 Å². The molecule has 1 aliphatic rings. The molecule has 1 aromatic heterocycles. The fourth-order valence-corrected chi connectivity index (χ4v) is 4.14. The molecule has 2 amide bonds. The first-order valence-electron chi connectivity index (χ1n) is 8.55. The van der Waals surface area contributed by atoms with Crippen molar-refractivity contribution in [1.29, 1.82) is 0 Å². The van der Waals surface area contributed by atoms with E-state index in [9.17, 15) is 4.79 Å². The Hall–Kier alpha value is -2.59. The standard InChI is InChI=1S/C21H20N2OS/c24-21(23-13-12-17(15-23)16-7-2-1-3-8-16)22-19-10-5-4-9-18(19)20-11-6-14-25-20/h1-11,14,17H,12-13,15H2,(H,22,24). The van der Waals surface area contributed by atoms with Crippen molar-refractivity contribution in [1.82, 2.24) is 4.90 Å². The van der Waals surface area contributed by atoms with Gasteiger partial charge < -0.3 is 10.2 Å². The van der Waals surface area contributed by atoms with Crippen LogP contribution in [0.25, 0.3) is 10.4 Å². The number of carbonyl (C=O) groups excluding carboxylic acids is 1. The van der Waals surface area contributed by atoms with Gasteiger partial charge in [0.2, 0.25) is 0 Å². The maximum atomic E-state index is 12.7. The van der Waals surface area contributed by atoms with Crippen LogP contribution in [0.1, 0.15) is 17.9 Å². The van der Waals surface area contributed by atoms with Crippen LogP contribution < -0.4 is 5.32 Å². The first-order chi connectivity index (χ1) is 12.3. The van der Waals surface area contributed by atoms with Crippen LogP contribution in [0.15, 0.2) is 72.1 Å². The third kappa shape index (κ3) is 3.44. The molecule has 1 N–H and O–H groups in total. The normalized spacial score (nSPS) is 16.8. The van der Waals surface area contributed by atoms with Crippen molar-refractivity contribution < 1.29 is 4.79 Å². The highest BCUT2D eigenvalue weighted by Gasteiger charge is 2.27. The predicted molar refractivity (Wildman–Crippen MR) is 104 cm³/mol. The highest BCUT2D eigenvalue weighted by Crippen LogP contribution is 2.32. The van der Waals surface area contributed by atoms with Gasteiger partial charge in [0.15, 0.2) is 0 Å². The minimum atomic E-state index is -0.0116. The summed E-state index contributed by atoms with van der Waals surface area (Å²) in [4.78, 5) is 15.8. The molecule has 3 nitrogen and oxygen atoms in total. The molecular formula is C21H20N2OS. The first-order valence-corrected chi connectivity index (χ1v) is 9.43. The van der Waals surface area contributed by atoms with Gasteiger partial charge in [-0.25, -0.2) is 4.79 Å². The summed E-state index contributed by atoms with van der Waals surface area (Å²) in [6.45, 7) is 1.57. The highest BCUT2D eigenvalue weighted by atomic mass is 32.1. The molecule has 1 atom stereocenters. The second kappa shape index (κ2) is 7.11. The molecule has 1 fully saturated rings. The average molecular weight is 348 g/mol. The van der Waals surface area contributed by atoms with E-state index < -0.39 is 0 Å². The minimum absolute atomic E-state index is 0.0116. The lowest BCUT2D eigenvalue weighted by Gasteiger charge is -2.19. The van der Waals surface area contributed by atoms with Crippen molar-refractivity contribution in [2.75, 3.05) is 18.4 Å². The Morgan fingerprint density at radius 3 is 2.60 bits per heavy atom. The summed E-state index contributed by atoms with van der Waals surface area (Å²) in [7, 11) is 0. The number of hydrogen-bond acceptors (Lipinski definition) is 2. The molecule has 0 spiro atoms. The molecule has 1 saturated heterocycles. The second-order valence-corrected chi connectivity index (χ2v) is 7.24. The number of thiophene rings is 1. The van der Waals surface area contributed by atoms with E-state index in [1.165, 1.54) is 10.4 Å². The summed E-state index contributed by atoms with van der Waals surface area (Å²) < 4.78 is 0. The van der Waals surface area contributed by atoms with Gasteiger partial charge in [0.1, 0.15) is 0 Å². The van der Waals surface area contributed by atoms with E-state index in [0.717, 1.165) is 30.8 Å². The zero-order chi connectivity index (χ0) is 17.1. The van der Waals surface area contributed by atoms with E-state index in [4.69, 9.17) is 0 Å². The summed E-state index contributed by atoms with van der Waals surface area (Å²) >= 11 is 1.68. The van der Waals surface area contributed by atoms with E-state index in [2.05, 4.69) is 47.1 Å². The van der Waals surface area contributed by atoms with Gasteiger partial charge in [0, 0.05) is 29.4 Å². The number of nitrogens with one attached hydrogen (secondary N) is 1. The van der Waals surface area contributed by atoms with Crippen LogP contribution in [0.4, 0.5) is 10.5 Å². The third-order valence-corrected chi connectivity index (χ3v) is 5.60. The van der Waals surface area contributed by atoms with Gasteiger partial charge in [-0.15, -0.1) is 11.3 Å². The van der Waals surface area contributed by atoms with Gasteiger partial charge in [-0.2, -0.15) is 0 Å². The van der Waals surface area contributed by atoms with Crippen LogP contribution in [-0.4, -0.2) is 24.0 Å². The fraction of sp³-hybridized carbons (Fsp3) is 0.190. The van der Waals surface area contributed by atoms with Gasteiger partial charge in [-0.05, 0) is 29.5 Å². The highest BCUT2D eigenvalue weighted by molar-refractivity contribution is 7.13. The maximum absolute atomic E-state index is 12.7. The summed E-state index contributed by atoms with van der Waals surface area (Å²) in [5, 5.41) is 5.16. The van der Waals surface area contributed by atoms with Crippen molar-refractivity contribution in [3.8, 4) is 10.4 Å². The molecule has 0 radical (unpaired) electrons. The number of anilines is 1. The molecule has 126 valence electrons. The quantitative estimate of drug-likeness (QED) is 0.672. The summed E-state index contributed by atoms with van der Waals surface area (Å²) in [5.41, 5.74) is 3.26. The van der Waals surface area contributed by atoms with Gasteiger partial charge >= 0.3 is 6.03 Å². The molecule has 25 heavy (non-hydrogen) atoms. The number of rotatable bonds is 3. The molecular weight excluding hydrogens is 328 g/mol. The van der Waals surface area contributed by atoms with Crippen LogP contribution in [0.3, 0.4) is 0 Å². The number of para-hydroxylation sites is 1. The van der Waals surface area contributed by atoms with E-state index in [1.807, 2.05) is 35.2 Å². The van der Waals surface area contributed by atoms with Crippen molar-refractivity contribution >= 4 is 23.1 Å². The molecule has 3 aromatic rings. The zero-order valence-corrected chi connectivity index (χ0v) is 14.7. The molecule has 0 bridgehead atoms.